The first-order valence-electron chi connectivity index (χ1n) is 5.21. The van der Waals surface area contributed by atoms with Crippen LogP contribution in [0, 0.1) is 0 Å². The van der Waals surface area contributed by atoms with Crippen molar-refractivity contribution >= 4 is 5.91 Å². The molecular weight excluding hydrogens is 178 g/mol. The van der Waals surface area contributed by atoms with Gasteiger partial charge in [-0.15, -0.1) is 0 Å². The molecule has 0 rings (SSSR count). The Morgan fingerprint density at radius 3 is 2.57 bits per heavy atom. The molecule has 0 aliphatic rings. The molecule has 0 bridgehead atoms. The molecule has 2 N–H and O–H groups in total. The van der Waals surface area contributed by atoms with Crippen molar-refractivity contribution in [2.45, 2.75) is 26.3 Å². The second-order valence-electron chi connectivity index (χ2n) is 3.82. The third-order valence-electron chi connectivity index (χ3n) is 1.93. The van der Waals surface area contributed by atoms with Crippen LogP contribution in [0.1, 0.15) is 20.3 Å². The Morgan fingerprint density at radius 2 is 2.07 bits per heavy atom. The largest absolute Gasteiger partial charge is 0.355 e. The van der Waals surface area contributed by atoms with Crippen molar-refractivity contribution in [2.24, 2.45) is 0 Å². The summed E-state index contributed by atoms with van der Waals surface area (Å²) in [6.07, 6.45) is 0.557. The predicted molar refractivity (Wildman–Crippen MR) is 59.3 cm³/mol. The molecule has 4 nitrogen and oxygen atoms in total. The number of nitrogens with one attached hydrogen (secondary N) is 2. The van der Waals surface area contributed by atoms with Gasteiger partial charge in [-0.05, 0) is 27.6 Å². The number of carbonyl (C=O) groups is 1. The van der Waals surface area contributed by atoms with Gasteiger partial charge in [0.15, 0.2) is 0 Å². The van der Waals surface area contributed by atoms with Crippen LogP contribution in [0.25, 0.3) is 0 Å². The van der Waals surface area contributed by atoms with E-state index in [9.17, 15) is 4.79 Å². The Bertz CT molecular complexity index is 159. The van der Waals surface area contributed by atoms with Gasteiger partial charge in [0.1, 0.15) is 0 Å². The smallest absolute Gasteiger partial charge is 0.221 e. The third kappa shape index (κ3) is 8.01. The van der Waals surface area contributed by atoms with E-state index in [0.29, 0.717) is 6.42 Å². The highest BCUT2D eigenvalue weighted by atomic mass is 16.1. The molecule has 0 aromatic carbocycles. The Hall–Kier alpha value is -0.610. The molecule has 0 aliphatic heterocycles. The number of hydrogen-bond donors (Lipinski definition) is 2. The maximum absolute atomic E-state index is 11.3. The Labute approximate surface area is 87.0 Å². The molecule has 0 heterocycles. The summed E-state index contributed by atoms with van der Waals surface area (Å²) in [4.78, 5) is 13.4. The van der Waals surface area contributed by atoms with E-state index in [1.165, 1.54) is 0 Å². The highest BCUT2D eigenvalue weighted by Crippen LogP contribution is 1.89. The predicted octanol–water partition coefficient (Wildman–Crippen LogP) is 0.0523. The molecule has 0 aromatic heterocycles. The van der Waals surface area contributed by atoms with Gasteiger partial charge in [0, 0.05) is 25.6 Å². The van der Waals surface area contributed by atoms with Crippen molar-refractivity contribution in [3.05, 3.63) is 0 Å². The number of hydrogen-bond acceptors (Lipinski definition) is 3. The van der Waals surface area contributed by atoms with Crippen molar-refractivity contribution in [1.82, 2.24) is 15.5 Å². The van der Waals surface area contributed by atoms with Crippen LogP contribution in [0.4, 0.5) is 0 Å². The van der Waals surface area contributed by atoms with Crippen LogP contribution >= 0.6 is 0 Å². The lowest BCUT2D eigenvalue weighted by atomic mass is 10.2. The maximum atomic E-state index is 11.3. The molecule has 0 aromatic rings. The molecule has 0 radical (unpaired) electrons. The minimum atomic E-state index is 0.125. The fraction of sp³-hybridized carbons (Fsp3) is 0.900. The van der Waals surface area contributed by atoms with Crippen LogP contribution in [-0.4, -0.2) is 50.6 Å². The molecule has 0 fully saturated rings. The molecule has 0 saturated heterocycles. The zero-order valence-electron chi connectivity index (χ0n) is 9.76. The van der Waals surface area contributed by atoms with Crippen molar-refractivity contribution in [2.75, 3.05) is 33.7 Å². The number of rotatable bonds is 7. The van der Waals surface area contributed by atoms with Crippen LogP contribution in [0.3, 0.4) is 0 Å². The first-order chi connectivity index (χ1) is 6.56. The summed E-state index contributed by atoms with van der Waals surface area (Å²) >= 11 is 0. The van der Waals surface area contributed by atoms with Gasteiger partial charge >= 0.3 is 0 Å². The van der Waals surface area contributed by atoms with E-state index in [2.05, 4.69) is 10.6 Å². The molecule has 0 aliphatic carbocycles. The second-order valence-corrected chi connectivity index (χ2v) is 3.82. The standard InChI is InChI=1S/C10H23N3O/c1-5-11-9(2)8-10(14)12-6-7-13(3)4/h9,11H,5-8H2,1-4H3,(H,12,14). The van der Waals surface area contributed by atoms with Crippen LogP contribution in [0.5, 0.6) is 0 Å². The summed E-state index contributed by atoms with van der Waals surface area (Å²) in [5.41, 5.74) is 0. The Balaban J connectivity index is 3.45. The summed E-state index contributed by atoms with van der Waals surface area (Å²) in [6, 6.07) is 0.263. The van der Waals surface area contributed by atoms with E-state index in [0.717, 1.165) is 19.6 Å². The zero-order chi connectivity index (χ0) is 11.0. The van der Waals surface area contributed by atoms with E-state index in [-0.39, 0.29) is 11.9 Å². The van der Waals surface area contributed by atoms with Crippen molar-refractivity contribution in [3.63, 3.8) is 0 Å². The van der Waals surface area contributed by atoms with Crippen molar-refractivity contribution < 1.29 is 4.79 Å². The lowest BCUT2D eigenvalue weighted by Crippen LogP contribution is -2.36. The normalized spacial score (nSPS) is 12.9. The van der Waals surface area contributed by atoms with E-state index < -0.39 is 0 Å². The summed E-state index contributed by atoms with van der Waals surface area (Å²) < 4.78 is 0. The molecule has 0 spiro atoms. The van der Waals surface area contributed by atoms with Gasteiger partial charge in [0.2, 0.25) is 5.91 Å². The van der Waals surface area contributed by atoms with E-state index >= 15 is 0 Å². The van der Waals surface area contributed by atoms with Crippen LogP contribution < -0.4 is 10.6 Å². The highest BCUT2D eigenvalue weighted by Gasteiger charge is 2.06. The molecule has 1 atom stereocenters. The minimum Gasteiger partial charge on any atom is -0.355 e. The number of amides is 1. The van der Waals surface area contributed by atoms with E-state index in [4.69, 9.17) is 0 Å². The Morgan fingerprint density at radius 1 is 1.43 bits per heavy atom. The topological polar surface area (TPSA) is 44.4 Å². The number of carbonyl (C=O) groups excluding carboxylic acids is 1. The lowest BCUT2D eigenvalue weighted by Gasteiger charge is -2.13. The van der Waals surface area contributed by atoms with Gasteiger partial charge in [0.25, 0.3) is 0 Å². The summed E-state index contributed by atoms with van der Waals surface area (Å²) in [6.45, 7) is 6.59. The third-order valence-corrected chi connectivity index (χ3v) is 1.93. The molecule has 14 heavy (non-hydrogen) atoms. The fourth-order valence-electron chi connectivity index (χ4n) is 1.19. The Kier molecular flexibility index (Phi) is 7.42. The second kappa shape index (κ2) is 7.76. The first kappa shape index (κ1) is 13.4. The van der Waals surface area contributed by atoms with Gasteiger partial charge in [-0.2, -0.15) is 0 Å². The van der Waals surface area contributed by atoms with E-state index in [1.807, 2.05) is 32.8 Å². The van der Waals surface area contributed by atoms with Crippen molar-refractivity contribution in [3.8, 4) is 0 Å². The maximum Gasteiger partial charge on any atom is 0.221 e. The highest BCUT2D eigenvalue weighted by molar-refractivity contribution is 5.76. The van der Waals surface area contributed by atoms with Crippen LogP contribution in [0.15, 0.2) is 0 Å². The molecule has 0 saturated carbocycles. The molecule has 4 heteroatoms. The number of likely N-dealkylation sites (N-methyl/N-ethyl adjacent to an activating group) is 1. The van der Waals surface area contributed by atoms with Gasteiger partial charge in [0.05, 0.1) is 0 Å². The average molecular weight is 201 g/mol. The first-order valence-corrected chi connectivity index (χ1v) is 5.21. The summed E-state index contributed by atoms with van der Waals surface area (Å²) in [5.74, 6) is 0.125. The lowest BCUT2D eigenvalue weighted by molar-refractivity contribution is -0.121. The molecule has 1 amide bonds. The SMILES string of the molecule is CCNC(C)CC(=O)NCCN(C)C. The molecule has 84 valence electrons. The molecule has 1 unspecified atom stereocenters. The van der Waals surface area contributed by atoms with Gasteiger partial charge in [-0.3, -0.25) is 4.79 Å². The minimum absolute atomic E-state index is 0.125. The van der Waals surface area contributed by atoms with E-state index in [1.54, 1.807) is 0 Å². The molecular formula is C10H23N3O. The summed E-state index contributed by atoms with van der Waals surface area (Å²) in [5, 5.41) is 6.09. The van der Waals surface area contributed by atoms with Crippen LogP contribution in [0.2, 0.25) is 0 Å². The number of nitrogens with zero attached hydrogens (tertiary/aromatic N) is 1. The monoisotopic (exact) mass is 201 g/mol. The average Bonchev–Trinajstić information content (AvgIpc) is 2.03. The van der Waals surface area contributed by atoms with Gasteiger partial charge < -0.3 is 15.5 Å². The zero-order valence-corrected chi connectivity index (χ0v) is 9.76. The van der Waals surface area contributed by atoms with Gasteiger partial charge in [-0.25, -0.2) is 0 Å². The van der Waals surface area contributed by atoms with Gasteiger partial charge in [-0.1, -0.05) is 6.92 Å². The quantitative estimate of drug-likeness (QED) is 0.612. The fourth-order valence-corrected chi connectivity index (χ4v) is 1.19. The van der Waals surface area contributed by atoms with Crippen LogP contribution in [-0.2, 0) is 4.79 Å². The summed E-state index contributed by atoms with van der Waals surface area (Å²) in [7, 11) is 3.99. The van der Waals surface area contributed by atoms with Crippen molar-refractivity contribution in [1.29, 1.82) is 0 Å².